The number of H-pyrrole nitrogens is 1. The van der Waals surface area contributed by atoms with Crippen LogP contribution in [-0.4, -0.2) is 21.5 Å². The molecule has 0 atom stereocenters. The van der Waals surface area contributed by atoms with Crippen molar-refractivity contribution in [1.82, 2.24) is 9.97 Å². The van der Waals surface area contributed by atoms with Gasteiger partial charge in [-0.25, -0.2) is 4.79 Å². The topological polar surface area (TPSA) is 62.8 Å². The van der Waals surface area contributed by atoms with Crippen molar-refractivity contribution in [2.24, 2.45) is 0 Å². The molecule has 21 heavy (non-hydrogen) atoms. The molecule has 0 spiro atoms. The monoisotopic (exact) mass is 300 g/mol. The van der Waals surface area contributed by atoms with E-state index in [0.29, 0.717) is 11.3 Å². The summed E-state index contributed by atoms with van der Waals surface area (Å²) in [5.41, 5.74) is 2.50. The lowest BCUT2D eigenvalue weighted by Crippen LogP contribution is -2.20. The van der Waals surface area contributed by atoms with E-state index in [1.807, 2.05) is 30.3 Å². The highest BCUT2D eigenvalue weighted by atomic mass is 32.2. The Balaban J connectivity index is 1.78. The summed E-state index contributed by atoms with van der Waals surface area (Å²) in [4.78, 5) is 30.6. The first kappa shape index (κ1) is 14.1. The molecule has 0 amide bonds. The summed E-state index contributed by atoms with van der Waals surface area (Å²) in [7, 11) is 0. The number of aromatic amines is 1. The van der Waals surface area contributed by atoms with Gasteiger partial charge in [-0.05, 0) is 25.7 Å². The van der Waals surface area contributed by atoms with Crippen molar-refractivity contribution in [1.29, 1.82) is 0 Å². The molecule has 0 aliphatic heterocycles. The maximum atomic E-state index is 12.1. The fourth-order valence-electron chi connectivity index (χ4n) is 2.56. The molecule has 1 aromatic heterocycles. The number of nitrogens with one attached hydrogen (secondary N) is 1. The second kappa shape index (κ2) is 6.26. The Morgan fingerprint density at radius 3 is 2.76 bits per heavy atom. The quantitative estimate of drug-likeness (QED) is 0.535. The number of Topliss-reactive ketones (excluding diaryl/α,β-unsaturated/α-hetero) is 1. The van der Waals surface area contributed by atoms with Crippen molar-refractivity contribution >= 4 is 17.5 Å². The Labute approximate surface area is 127 Å². The largest absolute Gasteiger partial charge is 0.346 e. The molecular weight excluding hydrogens is 284 g/mol. The molecule has 1 aliphatic rings. The molecule has 0 fully saturated rings. The molecule has 0 saturated carbocycles. The van der Waals surface area contributed by atoms with Gasteiger partial charge in [-0.2, -0.15) is 4.98 Å². The first-order valence-corrected chi connectivity index (χ1v) is 8.06. The third kappa shape index (κ3) is 3.24. The predicted octanol–water partition coefficient (Wildman–Crippen LogP) is 2.62. The van der Waals surface area contributed by atoms with E-state index < -0.39 is 0 Å². The van der Waals surface area contributed by atoms with E-state index in [9.17, 15) is 9.59 Å². The minimum absolute atomic E-state index is 0.0623. The number of fused-ring (bicyclic) bond motifs is 1. The number of aromatic nitrogens is 2. The number of carbonyl (C=O) groups excluding carboxylic acids is 1. The van der Waals surface area contributed by atoms with Crippen LogP contribution in [0.3, 0.4) is 0 Å². The molecule has 5 heteroatoms. The molecule has 4 nitrogen and oxygen atoms in total. The van der Waals surface area contributed by atoms with Gasteiger partial charge in [0.25, 0.3) is 0 Å². The summed E-state index contributed by atoms with van der Waals surface area (Å²) in [5.74, 6) is 0.375. The lowest BCUT2D eigenvalue weighted by molar-refractivity contribution is 0.102. The Morgan fingerprint density at radius 2 is 1.95 bits per heavy atom. The van der Waals surface area contributed by atoms with Gasteiger partial charge in [-0.3, -0.25) is 4.79 Å². The van der Waals surface area contributed by atoms with Gasteiger partial charge in [0.15, 0.2) is 5.78 Å². The van der Waals surface area contributed by atoms with Crippen LogP contribution in [0.2, 0.25) is 0 Å². The Kier molecular flexibility index (Phi) is 4.20. The average molecular weight is 300 g/mol. The number of ketones is 1. The lowest BCUT2D eigenvalue weighted by atomic mass is 9.98. The number of thioether (sulfide) groups is 1. The summed E-state index contributed by atoms with van der Waals surface area (Å²) in [6.07, 6.45) is 4.04. The minimum atomic E-state index is -0.315. The van der Waals surface area contributed by atoms with E-state index in [1.165, 1.54) is 11.8 Å². The molecule has 1 heterocycles. The number of hydrogen-bond acceptors (Lipinski definition) is 4. The van der Waals surface area contributed by atoms with Crippen molar-refractivity contribution in [2.45, 2.75) is 30.7 Å². The van der Waals surface area contributed by atoms with Gasteiger partial charge in [0, 0.05) is 16.8 Å². The van der Waals surface area contributed by atoms with Crippen LogP contribution in [0.4, 0.5) is 0 Å². The van der Waals surface area contributed by atoms with Crippen molar-refractivity contribution in [3.05, 3.63) is 57.6 Å². The molecule has 2 aromatic rings. The number of hydrogen-bond donors (Lipinski definition) is 1. The number of rotatable bonds is 4. The van der Waals surface area contributed by atoms with Crippen LogP contribution in [0.15, 0.2) is 40.2 Å². The lowest BCUT2D eigenvalue weighted by Gasteiger charge is -2.17. The number of aryl methyl sites for hydroxylation is 1. The summed E-state index contributed by atoms with van der Waals surface area (Å²) in [6, 6.07) is 9.21. The van der Waals surface area contributed by atoms with Gasteiger partial charge in [0.1, 0.15) is 5.03 Å². The van der Waals surface area contributed by atoms with E-state index in [1.54, 1.807) is 0 Å². The zero-order chi connectivity index (χ0) is 14.7. The summed E-state index contributed by atoms with van der Waals surface area (Å²) in [5, 5.41) is 0.720. The van der Waals surface area contributed by atoms with Crippen LogP contribution >= 0.6 is 11.8 Å². The van der Waals surface area contributed by atoms with E-state index in [-0.39, 0.29) is 11.5 Å². The average Bonchev–Trinajstić information content (AvgIpc) is 2.53. The number of benzene rings is 1. The van der Waals surface area contributed by atoms with E-state index in [4.69, 9.17) is 0 Å². The molecule has 0 saturated heterocycles. The first-order valence-electron chi connectivity index (χ1n) is 7.07. The fraction of sp³-hybridized carbons (Fsp3) is 0.312. The zero-order valence-electron chi connectivity index (χ0n) is 11.6. The van der Waals surface area contributed by atoms with Gasteiger partial charge < -0.3 is 4.98 Å². The summed E-state index contributed by atoms with van der Waals surface area (Å²) < 4.78 is 0. The number of nitrogens with zero attached hydrogens (tertiary/aromatic N) is 1. The fourth-order valence-corrected chi connectivity index (χ4v) is 3.54. The molecular formula is C16H16N2O2S. The highest BCUT2D eigenvalue weighted by molar-refractivity contribution is 8.00. The predicted molar refractivity (Wildman–Crippen MR) is 83.0 cm³/mol. The minimum Gasteiger partial charge on any atom is -0.309 e. The second-order valence-corrected chi connectivity index (χ2v) is 6.05. The van der Waals surface area contributed by atoms with Crippen molar-refractivity contribution in [2.75, 3.05) is 5.75 Å². The molecule has 1 aromatic carbocycles. The smallest absolute Gasteiger partial charge is 0.309 e. The van der Waals surface area contributed by atoms with Crippen LogP contribution in [0.25, 0.3) is 0 Å². The van der Waals surface area contributed by atoms with Crippen molar-refractivity contribution < 1.29 is 4.79 Å². The SMILES string of the molecule is O=C(CSc1nc(=O)[nH]c2c1CCCC2)c1ccccc1. The van der Waals surface area contributed by atoms with Gasteiger partial charge in [0.05, 0.1) is 5.75 Å². The van der Waals surface area contributed by atoms with E-state index in [0.717, 1.165) is 42.0 Å². The van der Waals surface area contributed by atoms with Crippen LogP contribution < -0.4 is 5.69 Å². The van der Waals surface area contributed by atoms with E-state index >= 15 is 0 Å². The van der Waals surface area contributed by atoms with Gasteiger partial charge >= 0.3 is 5.69 Å². The molecule has 3 rings (SSSR count). The highest BCUT2D eigenvalue weighted by Gasteiger charge is 2.17. The van der Waals surface area contributed by atoms with Crippen molar-refractivity contribution in [3.63, 3.8) is 0 Å². The standard InChI is InChI=1S/C16H16N2O2S/c19-14(11-6-2-1-3-7-11)10-21-15-12-8-4-5-9-13(12)17-16(20)18-15/h1-3,6-7H,4-5,8-10H2,(H,17,18,20). The van der Waals surface area contributed by atoms with Gasteiger partial charge in [-0.1, -0.05) is 42.1 Å². The van der Waals surface area contributed by atoms with Crippen molar-refractivity contribution in [3.8, 4) is 0 Å². The molecule has 0 unspecified atom stereocenters. The Bertz CT molecular complexity index is 710. The number of carbonyl (C=O) groups is 1. The van der Waals surface area contributed by atoms with Crippen LogP contribution in [0.1, 0.15) is 34.5 Å². The van der Waals surface area contributed by atoms with Gasteiger partial charge in [0.2, 0.25) is 0 Å². The van der Waals surface area contributed by atoms with Gasteiger partial charge in [-0.15, -0.1) is 0 Å². The Hall–Kier alpha value is -1.88. The first-order chi connectivity index (χ1) is 10.2. The zero-order valence-corrected chi connectivity index (χ0v) is 12.4. The second-order valence-electron chi connectivity index (χ2n) is 5.09. The molecule has 0 radical (unpaired) electrons. The maximum Gasteiger partial charge on any atom is 0.346 e. The summed E-state index contributed by atoms with van der Waals surface area (Å²) in [6.45, 7) is 0. The van der Waals surface area contributed by atoms with Crippen LogP contribution in [0, 0.1) is 0 Å². The third-order valence-electron chi connectivity index (χ3n) is 3.62. The maximum absolute atomic E-state index is 12.1. The molecule has 1 aliphatic carbocycles. The third-order valence-corrected chi connectivity index (χ3v) is 4.64. The highest BCUT2D eigenvalue weighted by Crippen LogP contribution is 2.27. The summed E-state index contributed by atoms with van der Waals surface area (Å²) >= 11 is 1.37. The molecule has 108 valence electrons. The Morgan fingerprint density at radius 1 is 1.19 bits per heavy atom. The molecule has 1 N–H and O–H groups in total. The van der Waals surface area contributed by atoms with Crippen LogP contribution in [0.5, 0.6) is 0 Å². The molecule has 0 bridgehead atoms. The van der Waals surface area contributed by atoms with E-state index in [2.05, 4.69) is 9.97 Å². The normalized spacial score (nSPS) is 13.7. The van der Waals surface area contributed by atoms with Crippen LogP contribution in [-0.2, 0) is 12.8 Å².